The molecule has 0 unspecified atom stereocenters. The van der Waals surface area contributed by atoms with Crippen LogP contribution < -0.4 is 15.8 Å². The van der Waals surface area contributed by atoms with Crippen molar-refractivity contribution >= 4 is 17.5 Å². The van der Waals surface area contributed by atoms with Crippen LogP contribution in [0.25, 0.3) is 0 Å². The minimum Gasteiger partial charge on any atom is -0.341 e. The summed E-state index contributed by atoms with van der Waals surface area (Å²) in [5, 5.41) is 2.88. The molecule has 1 heterocycles. The number of nitrogens with zero attached hydrogens (tertiary/aromatic N) is 3. The lowest BCUT2D eigenvalue weighted by Crippen LogP contribution is -2.34. The summed E-state index contributed by atoms with van der Waals surface area (Å²) in [6, 6.07) is 19.1. The van der Waals surface area contributed by atoms with Gasteiger partial charge in [0.05, 0.1) is 0 Å². The molecule has 1 amide bonds. The number of anilines is 2. The summed E-state index contributed by atoms with van der Waals surface area (Å²) in [5.41, 5.74) is 3.34. The first-order valence-corrected chi connectivity index (χ1v) is 9.68. The summed E-state index contributed by atoms with van der Waals surface area (Å²) in [4.78, 5) is 31.7. The predicted molar refractivity (Wildman–Crippen MR) is 116 cm³/mol. The van der Waals surface area contributed by atoms with E-state index in [4.69, 9.17) is 0 Å². The zero-order chi connectivity index (χ0) is 20.8. The first-order chi connectivity index (χ1) is 14.0. The topological polar surface area (TPSA) is 67.2 Å². The van der Waals surface area contributed by atoms with Gasteiger partial charge in [0, 0.05) is 31.0 Å². The molecule has 29 heavy (non-hydrogen) atoms. The van der Waals surface area contributed by atoms with Gasteiger partial charge in [0.25, 0.3) is 5.56 Å². The Morgan fingerprint density at radius 2 is 1.79 bits per heavy atom. The van der Waals surface area contributed by atoms with Crippen LogP contribution in [-0.2, 0) is 24.3 Å². The van der Waals surface area contributed by atoms with Crippen LogP contribution in [0.3, 0.4) is 0 Å². The molecule has 1 aromatic heterocycles. The molecular weight excluding hydrogens is 364 g/mol. The second kappa shape index (κ2) is 9.19. The van der Waals surface area contributed by atoms with Crippen molar-refractivity contribution in [1.82, 2.24) is 9.55 Å². The zero-order valence-corrected chi connectivity index (χ0v) is 17.1. The van der Waals surface area contributed by atoms with Crippen LogP contribution in [0.15, 0.2) is 65.5 Å². The van der Waals surface area contributed by atoms with Gasteiger partial charge in [-0.05, 0) is 36.6 Å². The lowest BCUT2D eigenvalue weighted by atomic mass is 10.1. The van der Waals surface area contributed by atoms with E-state index in [1.165, 1.54) is 10.6 Å². The van der Waals surface area contributed by atoms with E-state index in [1.807, 2.05) is 66.5 Å². The summed E-state index contributed by atoms with van der Waals surface area (Å²) in [5.74, 6) is 0.205. The molecule has 6 heteroatoms. The highest BCUT2D eigenvalue weighted by Crippen LogP contribution is 2.14. The quantitative estimate of drug-likeness (QED) is 0.672. The van der Waals surface area contributed by atoms with E-state index < -0.39 is 0 Å². The third kappa shape index (κ3) is 5.31. The average molecular weight is 390 g/mol. The van der Waals surface area contributed by atoms with Crippen LogP contribution in [0.4, 0.5) is 11.6 Å². The fourth-order valence-corrected chi connectivity index (χ4v) is 3.19. The SMILES string of the molecule is CCc1cccc(NC(=O)Cn2c(N(C)Cc3ccccc3)nc(C)cc2=O)c1. The van der Waals surface area contributed by atoms with Gasteiger partial charge in [-0.3, -0.25) is 14.2 Å². The van der Waals surface area contributed by atoms with Gasteiger partial charge in [-0.25, -0.2) is 4.98 Å². The summed E-state index contributed by atoms with van der Waals surface area (Å²) in [6.45, 7) is 4.32. The van der Waals surface area contributed by atoms with Crippen molar-refractivity contribution in [1.29, 1.82) is 0 Å². The fourth-order valence-electron chi connectivity index (χ4n) is 3.19. The van der Waals surface area contributed by atoms with E-state index in [0.717, 1.165) is 23.2 Å². The molecule has 3 rings (SSSR count). The van der Waals surface area contributed by atoms with Gasteiger partial charge >= 0.3 is 0 Å². The van der Waals surface area contributed by atoms with Gasteiger partial charge in [-0.15, -0.1) is 0 Å². The van der Waals surface area contributed by atoms with Gasteiger partial charge in [0.2, 0.25) is 11.9 Å². The molecule has 0 saturated carbocycles. The van der Waals surface area contributed by atoms with E-state index in [2.05, 4.69) is 17.2 Å². The lowest BCUT2D eigenvalue weighted by Gasteiger charge is -2.22. The molecule has 3 aromatic rings. The Morgan fingerprint density at radius 3 is 2.52 bits per heavy atom. The van der Waals surface area contributed by atoms with Gasteiger partial charge in [-0.1, -0.05) is 49.4 Å². The Balaban J connectivity index is 1.82. The monoisotopic (exact) mass is 390 g/mol. The smallest absolute Gasteiger partial charge is 0.255 e. The molecule has 0 radical (unpaired) electrons. The Bertz CT molecular complexity index is 1040. The van der Waals surface area contributed by atoms with E-state index >= 15 is 0 Å². The molecule has 150 valence electrons. The number of hydrogen-bond acceptors (Lipinski definition) is 4. The van der Waals surface area contributed by atoms with Gasteiger partial charge < -0.3 is 10.2 Å². The van der Waals surface area contributed by atoms with Crippen molar-refractivity contribution in [2.24, 2.45) is 0 Å². The molecular formula is C23H26N4O2. The molecule has 0 aliphatic rings. The number of rotatable bonds is 7. The standard InChI is InChI=1S/C23H26N4O2/c1-4-18-11-8-12-20(14-18)25-21(28)16-27-22(29)13-17(2)24-23(27)26(3)15-19-9-6-5-7-10-19/h5-14H,4,15-16H2,1-3H3,(H,25,28). The number of aromatic nitrogens is 2. The Labute approximate surface area is 170 Å². The molecule has 1 N–H and O–H groups in total. The summed E-state index contributed by atoms with van der Waals surface area (Å²) in [6.07, 6.45) is 0.888. The van der Waals surface area contributed by atoms with Crippen LogP contribution in [0.5, 0.6) is 0 Å². The van der Waals surface area contributed by atoms with Gasteiger partial charge in [0.1, 0.15) is 6.54 Å². The molecule has 0 aliphatic carbocycles. The number of carbonyl (C=O) groups is 1. The van der Waals surface area contributed by atoms with Crippen LogP contribution in [-0.4, -0.2) is 22.5 Å². The largest absolute Gasteiger partial charge is 0.341 e. The Kier molecular flexibility index (Phi) is 6.44. The van der Waals surface area contributed by atoms with Gasteiger partial charge in [-0.2, -0.15) is 0 Å². The number of carbonyl (C=O) groups excluding carboxylic acids is 1. The van der Waals surface area contributed by atoms with Crippen molar-refractivity contribution < 1.29 is 4.79 Å². The molecule has 6 nitrogen and oxygen atoms in total. The highest BCUT2D eigenvalue weighted by atomic mass is 16.2. The second-order valence-corrected chi connectivity index (χ2v) is 7.07. The van der Waals surface area contributed by atoms with E-state index in [-0.39, 0.29) is 18.0 Å². The number of aryl methyl sites for hydroxylation is 2. The maximum atomic E-state index is 12.6. The van der Waals surface area contributed by atoms with Gasteiger partial charge in [0.15, 0.2) is 0 Å². The minimum absolute atomic E-state index is 0.100. The number of amides is 1. The molecule has 0 aliphatic heterocycles. The third-order valence-electron chi connectivity index (χ3n) is 4.64. The van der Waals surface area contributed by atoms with E-state index in [1.54, 1.807) is 6.92 Å². The van der Waals surface area contributed by atoms with Crippen LogP contribution in [0.1, 0.15) is 23.7 Å². The lowest BCUT2D eigenvalue weighted by molar-refractivity contribution is -0.116. The van der Waals surface area contributed by atoms with Crippen LogP contribution >= 0.6 is 0 Å². The molecule has 0 spiro atoms. The Morgan fingerprint density at radius 1 is 1.07 bits per heavy atom. The maximum absolute atomic E-state index is 12.6. The number of nitrogens with one attached hydrogen (secondary N) is 1. The molecule has 0 fully saturated rings. The summed E-state index contributed by atoms with van der Waals surface area (Å²) >= 11 is 0. The predicted octanol–water partition coefficient (Wildman–Crippen LogP) is 3.39. The van der Waals surface area contributed by atoms with Crippen LogP contribution in [0.2, 0.25) is 0 Å². The number of hydrogen-bond donors (Lipinski definition) is 1. The average Bonchev–Trinajstić information content (AvgIpc) is 2.70. The van der Waals surface area contributed by atoms with Crippen molar-refractivity contribution in [2.45, 2.75) is 33.4 Å². The summed E-state index contributed by atoms with van der Waals surface area (Å²) < 4.78 is 1.41. The molecule has 0 saturated heterocycles. The van der Waals surface area contributed by atoms with E-state index in [9.17, 15) is 9.59 Å². The second-order valence-electron chi connectivity index (χ2n) is 7.07. The third-order valence-corrected chi connectivity index (χ3v) is 4.64. The fraction of sp³-hybridized carbons (Fsp3) is 0.261. The van der Waals surface area contributed by atoms with E-state index in [0.29, 0.717) is 18.2 Å². The minimum atomic E-state index is -0.264. The van der Waals surface area contributed by atoms with Crippen molar-refractivity contribution in [3.63, 3.8) is 0 Å². The van der Waals surface area contributed by atoms with Crippen molar-refractivity contribution in [3.8, 4) is 0 Å². The Hall–Kier alpha value is -3.41. The van der Waals surface area contributed by atoms with Crippen LogP contribution in [0, 0.1) is 6.92 Å². The zero-order valence-electron chi connectivity index (χ0n) is 17.1. The first kappa shape index (κ1) is 20.3. The maximum Gasteiger partial charge on any atom is 0.255 e. The molecule has 2 aromatic carbocycles. The molecule has 0 bridgehead atoms. The first-order valence-electron chi connectivity index (χ1n) is 9.68. The highest BCUT2D eigenvalue weighted by molar-refractivity contribution is 5.90. The normalized spacial score (nSPS) is 10.6. The summed E-state index contributed by atoms with van der Waals surface area (Å²) in [7, 11) is 1.87. The van der Waals surface area contributed by atoms with Crippen molar-refractivity contribution in [3.05, 3.63) is 87.8 Å². The number of benzene rings is 2. The highest BCUT2D eigenvalue weighted by Gasteiger charge is 2.15. The molecule has 0 atom stereocenters. The van der Waals surface area contributed by atoms with Crippen molar-refractivity contribution in [2.75, 3.05) is 17.3 Å².